The van der Waals surface area contributed by atoms with Gasteiger partial charge in [0.05, 0.1) is 0 Å². The highest BCUT2D eigenvalue weighted by molar-refractivity contribution is 4.92. The van der Waals surface area contributed by atoms with Crippen molar-refractivity contribution in [1.29, 1.82) is 0 Å². The van der Waals surface area contributed by atoms with Crippen LogP contribution in [0.25, 0.3) is 0 Å². The van der Waals surface area contributed by atoms with E-state index in [2.05, 4.69) is 28.8 Å². The van der Waals surface area contributed by atoms with Gasteiger partial charge in [-0.05, 0) is 18.8 Å². The molecule has 0 spiro atoms. The van der Waals surface area contributed by atoms with Gasteiger partial charge in [0.15, 0.2) is 0 Å². The van der Waals surface area contributed by atoms with Crippen LogP contribution >= 0.6 is 0 Å². The van der Waals surface area contributed by atoms with Crippen molar-refractivity contribution in [2.75, 3.05) is 6.54 Å². The molecule has 0 aliphatic heterocycles. The highest BCUT2D eigenvalue weighted by Gasteiger charge is 2.18. The minimum atomic E-state index is 0.720. The summed E-state index contributed by atoms with van der Waals surface area (Å²) >= 11 is 0. The summed E-state index contributed by atoms with van der Waals surface area (Å²) in [5.41, 5.74) is 0. The van der Waals surface area contributed by atoms with Crippen molar-refractivity contribution in [2.45, 2.75) is 51.5 Å². The van der Waals surface area contributed by atoms with Crippen molar-refractivity contribution in [3.05, 3.63) is 18.2 Å². The fraction of sp³-hybridized carbons (Fsp3) is 0.786. The second kappa shape index (κ2) is 6.20. The van der Waals surface area contributed by atoms with Gasteiger partial charge in [-0.3, -0.25) is 0 Å². The first kappa shape index (κ1) is 12.6. The lowest BCUT2D eigenvalue weighted by molar-refractivity contribution is 0.358. The quantitative estimate of drug-likeness (QED) is 0.813. The van der Waals surface area contributed by atoms with Gasteiger partial charge in [0, 0.05) is 38.4 Å². The SMILES string of the molecule is CC1CCCCCC1NCCc1nccn1C. The van der Waals surface area contributed by atoms with Gasteiger partial charge in [-0.2, -0.15) is 0 Å². The molecule has 17 heavy (non-hydrogen) atoms. The fourth-order valence-corrected chi connectivity index (χ4v) is 2.80. The number of aryl methyl sites for hydroxylation is 1. The number of rotatable bonds is 4. The molecule has 0 saturated heterocycles. The van der Waals surface area contributed by atoms with Gasteiger partial charge in [0.2, 0.25) is 0 Å². The van der Waals surface area contributed by atoms with E-state index in [0.29, 0.717) is 0 Å². The van der Waals surface area contributed by atoms with Crippen molar-refractivity contribution in [2.24, 2.45) is 13.0 Å². The van der Waals surface area contributed by atoms with E-state index in [1.54, 1.807) is 0 Å². The van der Waals surface area contributed by atoms with E-state index < -0.39 is 0 Å². The standard InChI is InChI=1S/C14H25N3/c1-12-6-4-3-5-7-13(12)15-9-8-14-16-10-11-17(14)2/h10-13,15H,3-9H2,1-2H3. The van der Waals surface area contributed by atoms with Gasteiger partial charge >= 0.3 is 0 Å². The Bertz CT molecular complexity index is 332. The van der Waals surface area contributed by atoms with Gasteiger partial charge in [0.25, 0.3) is 0 Å². The highest BCUT2D eigenvalue weighted by atomic mass is 15.0. The minimum Gasteiger partial charge on any atom is -0.338 e. The molecule has 1 aliphatic rings. The third-order valence-corrected chi connectivity index (χ3v) is 4.04. The van der Waals surface area contributed by atoms with Gasteiger partial charge in [-0.15, -0.1) is 0 Å². The Morgan fingerprint density at radius 2 is 2.18 bits per heavy atom. The molecule has 1 aliphatic carbocycles. The molecule has 0 bridgehead atoms. The maximum atomic E-state index is 4.36. The smallest absolute Gasteiger partial charge is 0.109 e. The molecule has 1 heterocycles. The number of nitrogens with one attached hydrogen (secondary N) is 1. The van der Waals surface area contributed by atoms with Crippen LogP contribution in [0.2, 0.25) is 0 Å². The second-order valence-corrected chi connectivity index (χ2v) is 5.38. The van der Waals surface area contributed by atoms with Crippen LogP contribution in [0.3, 0.4) is 0 Å². The molecule has 96 valence electrons. The summed E-state index contributed by atoms with van der Waals surface area (Å²) in [4.78, 5) is 4.36. The molecule has 1 aromatic rings. The monoisotopic (exact) mass is 235 g/mol. The number of hydrogen-bond donors (Lipinski definition) is 1. The number of nitrogens with zero attached hydrogens (tertiary/aromatic N) is 2. The number of aromatic nitrogens is 2. The van der Waals surface area contributed by atoms with E-state index in [9.17, 15) is 0 Å². The van der Waals surface area contributed by atoms with Gasteiger partial charge in [-0.25, -0.2) is 4.98 Å². The van der Waals surface area contributed by atoms with Crippen LogP contribution in [0.1, 0.15) is 44.9 Å². The average Bonchev–Trinajstić information content (AvgIpc) is 2.60. The summed E-state index contributed by atoms with van der Waals surface area (Å²) in [7, 11) is 2.07. The molecule has 1 saturated carbocycles. The van der Waals surface area contributed by atoms with E-state index in [-0.39, 0.29) is 0 Å². The van der Waals surface area contributed by atoms with Gasteiger partial charge in [0.1, 0.15) is 5.82 Å². The van der Waals surface area contributed by atoms with Crippen molar-refractivity contribution in [3.8, 4) is 0 Å². The van der Waals surface area contributed by atoms with Crippen LogP contribution in [-0.2, 0) is 13.5 Å². The van der Waals surface area contributed by atoms with Crippen LogP contribution in [0.15, 0.2) is 12.4 Å². The van der Waals surface area contributed by atoms with E-state index in [0.717, 1.165) is 24.9 Å². The Morgan fingerprint density at radius 1 is 1.35 bits per heavy atom. The Labute approximate surface area is 105 Å². The van der Waals surface area contributed by atoms with Gasteiger partial charge < -0.3 is 9.88 Å². The van der Waals surface area contributed by atoms with Gasteiger partial charge in [-0.1, -0.05) is 26.2 Å². The summed E-state index contributed by atoms with van der Waals surface area (Å²) in [5.74, 6) is 2.01. The molecule has 1 fully saturated rings. The zero-order valence-electron chi connectivity index (χ0n) is 11.2. The van der Waals surface area contributed by atoms with E-state index >= 15 is 0 Å². The molecule has 1 N–H and O–H groups in total. The summed E-state index contributed by atoms with van der Waals surface area (Å²) < 4.78 is 2.11. The molecule has 1 aromatic heterocycles. The maximum absolute atomic E-state index is 4.36. The normalized spacial score (nSPS) is 25.8. The summed E-state index contributed by atoms with van der Waals surface area (Å²) in [6.45, 7) is 3.45. The molecule has 2 rings (SSSR count). The molecule has 3 heteroatoms. The predicted octanol–water partition coefficient (Wildman–Crippen LogP) is 2.52. The topological polar surface area (TPSA) is 29.9 Å². The van der Waals surface area contributed by atoms with Crippen molar-refractivity contribution >= 4 is 0 Å². The highest BCUT2D eigenvalue weighted by Crippen LogP contribution is 2.22. The molecule has 3 nitrogen and oxygen atoms in total. The zero-order valence-corrected chi connectivity index (χ0v) is 11.2. The number of hydrogen-bond acceptors (Lipinski definition) is 2. The zero-order chi connectivity index (χ0) is 12.1. The molecular formula is C14H25N3. The van der Waals surface area contributed by atoms with E-state index in [4.69, 9.17) is 0 Å². The molecule has 2 unspecified atom stereocenters. The van der Waals surface area contributed by atoms with Crippen LogP contribution < -0.4 is 5.32 Å². The van der Waals surface area contributed by atoms with Crippen LogP contribution in [0.5, 0.6) is 0 Å². The number of imidazole rings is 1. The summed E-state index contributed by atoms with van der Waals surface area (Å²) in [6.07, 6.45) is 11.9. The summed E-state index contributed by atoms with van der Waals surface area (Å²) in [5, 5.41) is 3.72. The fourth-order valence-electron chi connectivity index (χ4n) is 2.80. The lowest BCUT2D eigenvalue weighted by Gasteiger charge is -2.22. The lowest BCUT2D eigenvalue weighted by Crippen LogP contribution is -2.35. The average molecular weight is 235 g/mol. The van der Waals surface area contributed by atoms with Crippen molar-refractivity contribution in [1.82, 2.24) is 14.9 Å². The lowest BCUT2D eigenvalue weighted by atomic mass is 9.97. The molecule has 0 radical (unpaired) electrons. The van der Waals surface area contributed by atoms with E-state index in [1.807, 2.05) is 12.4 Å². The third kappa shape index (κ3) is 3.56. The molecular weight excluding hydrogens is 210 g/mol. The predicted molar refractivity (Wildman–Crippen MR) is 71.0 cm³/mol. The Balaban J connectivity index is 1.75. The Hall–Kier alpha value is -0.830. The molecule has 0 amide bonds. The van der Waals surface area contributed by atoms with Crippen molar-refractivity contribution in [3.63, 3.8) is 0 Å². The van der Waals surface area contributed by atoms with Crippen LogP contribution in [-0.4, -0.2) is 22.1 Å². The Kier molecular flexibility index (Phi) is 4.60. The maximum Gasteiger partial charge on any atom is 0.109 e. The van der Waals surface area contributed by atoms with E-state index in [1.165, 1.54) is 37.9 Å². The largest absolute Gasteiger partial charge is 0.338 e. The molecule has 2 atom stereocenters. The first-order valence-corrected chi connectivity index (χ1v) is 6.97. The summed E-state index contributed by atoms with van der Waals surface area (Å²) in [6, 6.07) is 0.720. The van der Waals surface area contributed by atoms with Crippen LogP contribution in [0, 0.1) is 5.92 Å². The van der Waals surface area contributed by atoms with Crippen LogP contribution in [0.4, 0.5) is 0 Å². The first-order chi connectivity index (χ1) is 8.27. The third-order valence-electron chi connectivity index (χ3n) is 4.04. The van der Waals surface area contributed by atoms with Crippen molar-refractivity contribution < 1.29 is 0 Å². The molecule has 0 aromatic carbocycles. The first-order valence-electron chi connectivity index (χ1n) is 6.97. The minimum absolute atomic E-state index is 0.720. The second-order valence-electron chi connectivity index (χ2n) is 5.38. The Morgan fingerprint density at radius 3 is 2.94 bits per heavy atom.